The summed E-state index contributed by atoms with van der Waals surface area (Å²) >= 11 is 3.39. The molecule has 0 heterocycles. The minimum Gasteiger partial charge on any atom is -0.328 e. The van der Waals surface area contributed by atoms with E-state index in [1.807, 2.05) is 13.0 Å². The van der Waals surface area contributed by atoms with Crippen molar-refractivity contribution in [3.63, 3.8) is 0 Å². The normalized spacial score (nSPS) is 15.2. The first kappa shape index (κ1) is 13.7. The molecule has 3 heteroatoms. The zero-order chi connectivity index (χ0) is 12.3. The van der Waals surface area contributed by atoms with Crippen molar-refractivity contribution in [2.75, 3.05) is 0 Å². The Morgan fingerprint density at radius 2 is 1.94 bits per heavy atom. The van der Waals surface area contributed by atoms with Crippen LogP contribution in [0.25, 0.3) is 0 Å². The monoisotopic (exact) mass is 287 g/mol. The summed E-state index contributed by atoms with van der Waals surface area (Å²) in [4.78, 5) is 0. The zero-order valence-electron chi connectivity index (χ0n) is 10.0. The van der Waals surface area contributed by atoms with E-state index in [1.165, 1.54) is 12.1 Å². The van der Waals surface area contributed by atoms with Crippen LogP contribution in [0, 0.1) is 17.7 Å². The molecule has 0 aliphatic carbocycles. The van der Waals surface area contributed by atoms with Crippen LogP contribution < -0.4 is 5.73 Å². The predicted octanol–water partition coefficient (Wildman–Crippen LogP) is 3.75. The minimum absolute atomic E-state index is 0.150. The molecule has 0 spiro atoms. The van der Waals surface area contributed by atoms with Crippen LogP contribution in [0.5, 0.6) is 0 Å². The van der Waals surface area contributed by atoms with Gasteiger partial charge < -0.3 is 5.73 Å². The smallest absolute Gasteiger partial charge is 0.124 e. The Balaban J connectivity index is 2.85. The van der Waals surface area contributed by atoms with Gasteiger partial charge in [0.25, 0.3) is 0 Å². The van der Waals surface area contributed by atoms with Crippen LogP contribution in [0.15, 0.2) is 22.7 Å². The zero-order valence-corrected chi connectivity index (χ0v) is 11.6. The molecule has 0 radical (unpaired) electrons. The van der Waals surface area contributed by atoms with Crippen molar-refractivity contribution in [1.29, 1.82) is 0 Å². The molecule has 2 unspecified atom stereocenters. The molecule has 2 N–H and O–H groups in total. The van der Waals surface area contributed by atoms with Gasteiger partial charge in [-0.1, -0.05) is 35.8 Å². The first-order chi connectivity index (χ1) is 7.41. The average Bonchev–Trinajstić information content (AvgIpc) is 2.15. The van der Waals surface area contributed by atoms with Crippen molar-refractivity contribution in [3.05, 3.63) is 34.1 Å². The summed E-state index contributed by atoms with van der Waals surface area (Å²) in [6.07, 6.45) is 0.885. The van der Waals surface area contributed by atoms with Crippen molar-refractivity contribution in [1.82, 2.24) is 0 Å². The third-order valence-corrected chi connectivity index (χ3v) is 3.74. The van der Waals surface area contributed by atoms with Gasteiger partial charge in [-0.15, -0.1) is 0 Å². The van der Waals surface area contributed by atoms with Crippen LogP contribution in [0.2, 0.25) is 0 Å². The summed E-state index contributed by atoms with van der Waals surface area (Å²) in [7, 11) is 0. The van der Waals surface area contributed by atoms with Gasteiger partial charge >= 0.3 is 0 Å². The van der Waals surface area contributed by atoms with E-state index >= 15 is 0 Å². The van der Waals surface area contributed by atoms with Gasteiger partial charge in [0.2, 0.25) is 0 Å². The van der Waals surface area contributed by atoms with Crippen molar-refractivity contribution in [2.24, 2.45) is 17.6 Å². The van der Waals surface area contributed by atoms with Gasteiger partial charge in [-0.3, -0.25) is 0 Å². The Labute approximate surface area is 105 Å². The highest BCUT2D eigenvalue weighted by atomic mass is 79.9. The fourth-order valence-corrected chi connectivity index (χ4v) is 2.48. The van der Waals surface area contributed by atoms with Gasteiger partial charge in [-0.25, -0.2) is 4.39 Å². The fraction of sp³-hybridized carbons (Fsp3) is 0.538. The lowest BCUT2D eigenvalue weighted by Crippen LogP contribution is -2.32. The Bertz CT molecular complexity index is 342. The summed E-state index contributed by atoms with van der Waals surface area (Å²) < 4.78 is 13.8. The molecule has 1 nitrogen and oxygen atoms in total. The van der Waals surface area contributed by atoms with Crippen molar-refractivity contribution < 1.29 is 4.39 Å². The second-order valence-electron chi connectivity index (χ2n) is 4.71. The van der Waals surface area contributed by atoms with Crippen LogP contribution in [-0.2, 0) is 6.42 Å². The van der Waals surface area contributed by atoms with Crippen molar-refractivity contribution in [3.8, 4) is 0 Å². The highest BCUT2D eigenvalue weighted by Gasteiger charge is 2.19. The van der Waals surface area contributed by atoms with Gasteiger partial charge in [0.15, 0.2) is 0 Å². The molecule has 0 bridgehead atoms. The van der Waals surface area contributed by atoms with Crippen LogP contribution in [0.4, 0.5) is 4.39 Å². The number of halogens is 2. The van der Waals surface area contributed by atoms with Crippen molar-refractivity contribution in [2.45, 2.75) is 33.2 Å². The molecule has 16 heavy (non-hydrogen) atoms. The number of hydrogen-bond acceptors (Lipinski definition) is 1. The van der Waals surface area contributed by atoms with E-state index in [4.69, 9.17) is 5.73 Å². The van der Waals surface area contributed by atoms with Gasteiger partial charge in [0.1, 0.15) is 5.82 Å². The minimum atomic E-state index is -0.211. The van der Waals surface area contributed by atoms with Gasteiger partial charge in [0.05, 0.1) is 0 Å². The molecule has 0 saturated carbocycles. The molecular weight excluding hydrogens is 269 g/mol. The number of benzene rings is 1. The third kappa shape index (κ3) is 3.56. The summed E-state index contributed by atoms with van der Waals surface area (Å²) in [6, 6.07) is 4.99. The second-order valence-corrected chi connectivity index (χ2v) is 5.56. The van der Waals surface area contributed by atoms with E-state index in [0.717, 1.165) is 16.5 Å². The standard InChI is InChI=1S/C13H19BrFN/c1-8(2)12(9(3)16)6-10-4-5-11(15)7-13(10)14/h4-5,7-9,12H,6,16H2,1-3H3. The molecule has 0 aromatic heterocycles. The Morgan fingerprint density at radius 1 is 1.31 bits per heavy atom. The second kappa shape index (κ2) is 5.78. The number of rotatable bonds is 4. The molecule has 90 valence electrons. The first-order valence-electron chi connectivity index (χ1n) is 5.61. The maximum atomic E-state index is 12.9. The SMILES string of the molecule is CC(C)C(Cc1ccc(F)cc1Br)C(C)N. The molecule has 0 aliphatic rings. The molecule has 1 aromatic rings. The quantitative estimate of drug-likeness (QED) is 0.897. The highest BCUT2D eigenvalue weighted by Crippen LogP contribution is 2.25. The summed E-state index contributed by atoms with van der Waals surface area (Å²) in [5.74, 6) is 0.733. The maximum absolute atomic E-state index is 12.9. The third-order valence-electron chi connectivity index (χ3n) is 3.00. The molecule has 1 rings (SSSR count). The molecular formula is C13H19BrFN. The van der Waals surface area contributed by atoms with E-state index in [-0.39, 0.29) is 11.9 Å². The van der Waals surface area contributed by atoms with Gasteiger partial charge in [0, 0.05) is 10.5 Å². The molecule has 0 amide bonds. The highest BCUT2D eigenvalue weighted by molar-refractivity contribution is 9.10. The Kier molecular flexibility index (Phi) is 4.93. The lowest BCUT2D eigenvalue weighted by atomic mass is 9.84. The predicted molar refractivity (Wildman–Crippen MR) is 69.8 cm³/mol. The summed E-state index contributed by atoms with van der Waals surface area (Å²) in [6.45, 7) is 6.37. The van der Waals surface area contributed by atoms with Crippen molar-refractivity contribution >= 4 is 15.9 Å². The lowest BCUT2D eigenvalue weighted by Gasteiger charge is -2.25. The van der Waals surface area contributed by atoms with Gasteiger partial charge in [-0.05, 0) is 42.9 Å². The van der Waals surface area contributed by atoms with Crippen LogP contribution in [0.1, 0.15) is 26.3 Å². The van der Waals surface area contributed by atoms with E-state index in [0.29, 0.717) is 11.8 Å². The number of nitrogens with two attached hydrogens (primary N) is 1. The summed E-state index contributed by atoms with van der Waals surface area (Å²) in [5, 5.41) is 0. The molecule has 0 fully saturated rings. The van der Waals surface area contributed by atoms with E-state index in [1.54, 1.807) is 0 Å². The molecule has 1 aromatic carbocycles. The van der Waals surface area contributed by atoms with Crippen LogP contribution >= 0.6 is 15.9 Å². The van der Waals surface area contributed by atoms with E-state index in [2.05, 4.69) is 29.8 Å². The van der Waals surface area contributed by atoms with E-state index in [9.17, 15) is 4.39 Å². The Hall–Kier alpha value is -0.410. The first-order valence-corrected chi connectivity index (χ1v) is 6.40. The fourth-order valence-electron chi connectivity index (χ4n) is 1.97. The van der Waals surface area contributed by atoms with Gasteiger partial charge in [-0.2, -0.15) is 0 Å². The molecule has 0 aliphatic heterocycles. The topological polar surface area (TPSA) is 26.0 Å². The lowest BCUT2D eigenvalue weighted by molar-refractivity contribution is 0.329. The van der Waals surface area contributed by atoms with Crippen LogP contribution in [-0.4, -0.2) is 6.04 Å². The largest absolute Gasteiger partial charge is 0.328 e. The van der Waals surface area contributed by atoms with Crippen LogP contribution in [0.3, 0.4) is 0 Å². The van der Waals surface area contributed by atoms with E-state index < -0.39 is 0 Å². The molecule has 0 saturated heterocycles. The summed E-state index contributed by atoms with van der Waals surface area (Å²) in [5.41, 5.74) is 7.10. The number of hydrogen-bond donors (Lipinski definition) is 1. The Morgan fingerprint density at radius 3 is 2.38 bits per heavy atom. The molecule has 2 atom stereocenters. The maximum Gasteiger partial charge on any atom is 0.124 e. The average molecular weight is 288 g/mol.